The van der Waals surface area contributed by atoms with Crippen molar-refractivity contribution in [2.24, 2.45) is 0 Å². The summed E-state index contributed by atoms with van der Waals surface area (Å²) in [4.78, 5) is 13.2. The van der Waals surface area contributed by atoms with Crippen molar-refractivity contribution in [2.45, 2.75) is 25.4 Å². The van der Waals surface area contributed by atoms with Crippen LogP contribution in [0.25, 0.3) is 0 Å². The van der Waals surface area contributed by atoms with Gasteiger partial charge in [0.15, 0.2) is 0 Å². The first-order valence-electron chi connectivity index (χ1n) is 10.3. The van der Waals surface area contributed by atoms with Crippen LogP contribution in [0.2, 0.25) is 0 Å². The van der Waals surface area contributed by atoms with Crippen LogP contribution in [0.4, 0.5) is 0 Å². The number of hydrazine groups is 1. The Labute approximate surface area is 167 Å². The van der Waals surface area contributed by atoms with Crippen molar-refractivity contribution in [3.63, 3.8) is 0 Å². The van der Waals surface area contributed by atoms with E-state index in [1.165, 1.54) is 11.1 Å². The molecule has 0 saturated carbocycles. The van der Waals surface area contributed by atoms with Gasteiger partial charge in [-0.25, -0.2) is 5.01 Å². The van der Waals surface area contributed by atoms with Gasteiger partial charge in [0.2, 0.25) is 0 Å². The highest BCUT2D eigenvalue weighted by Crippen LogP contribution is 2.30. The number of hydrogen-bond acceptors (Lipinski definition) is 4. The molecule has 2 aromatic carbocycles. The van der Waals surface area contributed by atoms with E-state index in [9.17, 15) is 4.79 Å². The summed E-state index contributed by atoms with van der Waals surface area (Å²) in [6, 6.07) is 18.2. The minimum atomic E-state index is 0.0902. The van der Waals surface area contributed by atoms with Crippen LogP contribution in [0.3, 0.4) is 0 Å². The summed E-state index contributed by atoms with van der Waals surface area (Å²) in [6.45, 7) is 5.06. The summed E-state index contributed by atoms with van der Waals surface area (Å²) < 4.78 is 6.05. The zero-order valence-corrected chi connectivity index (χ0v) is 16.3. The quantitative estimate of drug-likeness (QED) is 0.838. The minimum absolute atomic E-state index is 0.0902. The van der Waals surface area contributed by atoms with E-state index < -0.39 is 0 Å². The van der Waals surface area contributed by atoms with Crippen LogP contribution in [-0.4, -0.2) is 55.3 Å². The monoisotopic (exact) mass is 379 g/mol. The third-order valence-electron chi connectivity index (χ3n) is 5.62. The molecular weight excluding hydrogens is 350 g/mol. The predicted octanol–water partition coefficient (Wildman–Crippen LogP) is 3.04. The molecule has 148 valence electrons. The molecule has 1 fully saturated rings. The molecule has 1 saturated heterocycles. The first kappa shape index (κ1) is 19.1. The largest absolute Gasteiger partial charge is 0.373 e. The highest BCUT2D eigenvalue weighted by atomic mass is 16.5. The molecule has 1 amide bonds. The molecule has 1 unspecified atom stereocenters. The van der Waals surface area contributed by atoms with Crippen molar-refractivity contribution in [1.29, 1.82) is 0 Å². The van der Waals surface area contributed by atoms with Gasteiger partial charge in [-0.05, 0) is 42.5 Å². The Bertz CT molecular complexity index is 774. The third kappa shape index (κ3) is 4.43. The van der Waals surface area contributed by atoms with E-state index in [4.69, 9.17) is 4.74 Å². The van der Waals surface area contributed by atoms with Crippen LogP contribution in [-0.2, 0) is 11.2 Å². The number of carbonyl (C=O) groups excluding carboxylic acids is 1. The van der Waals surface area contributed by atoms with E-state index in [-0.39, 0.29) is 12.0 Å². The lowest BCUT2D eigenvalue weighted by molar-refractivity contribution is -0.0226. The lowest BCUT2D eigenvalue weighted by Gasteiger charge is -2.38. The summed E-state index contributed by atoms with van der Waals surface area (Å²) in [7, 11) is 0. The second-order valence-corrected chi connectivity index (χ2v) is 7.45. The standard InChI is InChI=1S/C23H29N3O2/c27-23(20-8-2-1-3-9-20)26(25-16-13-24-14-17-25)15-6-11-22-21-10-5-4-7-19(21)12-18-28-22/h1-5,7-10,22,24H,6,11-18H2. The van der Waals surface area contributed by atoms with Crippen molar-refractivity contribution in [3.8, 4) is 0 Å². The number of fused-ring (bicyclic) bond motifs is 1. The van der Waals surface area contributed by atoms with E-state index in [1.807, 2.05) is 35.3 Å². The SMILES string of the molecule is O=C(c1ccccc1)N(CCCC1OCCc2ccccc21)N1CCNCC1. The Kier molecular flexibility index (Phi) is 6.37. The van der Waals surface area contributed by atoms with Gasteiger partial charge in [-0.2, -0.15) is 0 Å². The number of rotatable bonds is 6. The summed E-state index contributed by atoms with van der Waals surface area (Å²) in [6.07, 6.45) is 2.98. The van der Waals surface area contributed by atoms with Crippen LogP contribution in [0.5, 0.6) is 0 Å². The number of amides is 1. The van der Waals surface area contributed by atoms with Crippen molar-refractivity contribution < 1.29 is 9.53 Å². The van der Waals surface area contributed by atoms with Crippen molar-refractivity contribution in [3.05, 3.63) is 71.3 Å². The third-order valence-corrected chi connectivity index (χ3v) is 5.62. The second kappa shape index (κ2) is 9.32. The topological polar surface area (TPSA) is 44.8 Å². The van der Waals surface area contributed by atoms with Crippen molar-refractivity contribution >= 4 is 5.91 Å². The number of ether oxygens (including phenoxy) is 1. The van der Waals surface area contributed by atoms with Gasteiger partial charge in [0.05, 0.1) is 12.7 Å². The van der Waals surface area contributed by atoms with E-state index in [1.54, 1.807) is 0 Å². The molecule has 5 nitrogen and oxygen atoms in total. The Hall–Kier alpha value is -2.21. The molecule has 0 aliphatic carbocycles. The maximum absolute atomic E-state index is 13.2. The number of hydrogen-bond donors (Lipinski definition) is 1. The van der Waals surface area contributed by atoms with Crippen LogP contribution in [0, 0.1) is 0 Å². The lowest BCUT2D eigenvalue weighted by Crippen LogP contribution is -2.54. The Balaban J connectivity index is 1.42. The molecule has 0 radical (unpaired) electrons. The van der Waals surface area contributed by atoms with Gasteiger partial charge < -0.3 is 10.1 Å². The molecule has 2 aliphatic rings. The molecule has 0 aromatic heterocycles. The Morgan fingerprint density at radius 3 is 2.64 bits per heavy atom. The normalized spacial score (nSPS) is 19.8. The van der Waals surface area contributed by atoms with Gasteiger partial charge >= 0.3 is 0 Å². The number of benzene rings is 2. The van der Waals surface area contributed by atoms with Gasteiger partial charge in [-0.1, -0.05) is 42.5 Å². The highest BCUT2D eigenvalue weighted by Gasteiger charge is 2.25. The molecule has 2 aromatic rings. The fourth-order valence-corrected chi connectivity index (χ4v) is 4.14. The molecule has 0 spiro atoms. The molecule has 0 bridgehead atoms. The zero-order chi connectivity index (χ0) is 19.2. The van der Waals surface area contributed by atoms with E-state index in [0.29, 0.717) is 0 Å². The first-order chi connectivity index (χ1) is 13.8. The van der Waals surface area contributed by atoms with Crippen LogP contribution < -0.4 is 5.32 Å². The van der Waals surface area contributed by atoms with Gasteiger partial charge in [-0.15, -0.1) is 0 Å². The zero-order valence-electron chi connectivity index (χ0n) is 16.3. The van der Waals surface area contributed by atoms with Crippen LogP contribution in [0.1, 0.15) is 40.4 Å². The van der Waals surface area contributed by atoms with E-state index >= 15 is 0 Å². The molecule has 4 rings (SSSR count). The smallest absolute Gasteiger partial charge is 0.268 e. The molecule has 1 N–H and O–H groups in total. The average molecular weight is 380 g/mol. The van der Waals surface area contributed by atoms with Crippen molar-refractivity contribution in [1.82, 2.24) is 15.3 Å². The van der Waals surface area contributed by atoms with E-state index in [0.717, 1.165) is 64.2 Å². The van der Waals surface area contributed by atoms with Gasteiger partial charge in [-0.3, -0.25) is 9.80 Å². The second-order valence-electron chi connectivity index (χ2n) is 7.45. The molecule has 28 heavy (non-hydrogen) atoms. The highest BCUT2D eigenvalue weighted by molar-refractivity contribution is 5.93. The number of piperazine rings is 1. The molecular formula is C23H29N3O2. The minimum Gasteiger partial charge on any atom is -0.373 e. The summed E-state index contributed by atoms with van der Waals surface area (Å²) >= 11 is 0. The maximum atomic E-state index is 13.2. The Morgan fingerprint density at radius 1 is 1.07 bits per heavy atom. The van der Waals surface area contributed by atoms with E-state index in [2.05, 4.69) is 34.6 Å². The van der Waals surface area contributed by atoms with Gasteiger partial charge in [0.25, 0.3) is 5.91 Å². The van der Waals surface area contributed by atoms with Crippen LogP contribution >= 0.6 is 0 Å². The van der Waals surface area contributed by atoms with Gasteiger partial charge in [0, 0.05) is 38.3 Å². The Morgan fingerprint density at radius 2 is 1.82 bits per heavy atom. The number of carbonyl (C=O) groups is 1. The fraction of sp³-hybridized carbons (Fsp3) is 0.435. The number of nitrogens with zero attached hydrogens (tertiary/aromatic N) is 2. The predicted molar refractivity (Wildman–Crippen MR) is 110 cm³/mol. The number of nitrogens with one attached hydrogen (secondary N) is 1. The summed E-state index contributed by atoms with van der Waals surface area (Å²) in [5.74, 6) is 0.0902. The summed E-state index contributed by atoms with van der Waals surface area (Å²) in [5, 5.41) is 7.51. The fourth-order valence-electron chi connectivity index (χ4n) is 4.14. The molecule has 2 aliphatic heterocycles. The molecule has 2 heterocycles. The van der Waals surface area contributed by atoms with Gasteiger partial charge in [0.1, 0.15) is 0 Å². The lowest BCUT2D eigenvalue weighted by atomic mass is 9.95. The summed E-state index contributed by atoms with van der Waals surface area (Å²) in [5.41, 5.74) is 3.47. The average Bonchev–Trinajstić information content (AvgIpc) is 2.77. The van der Waals surface area contributed by atoms with Crippen molar-refractivity contribution in [2.75, 3.05) is 39.3 Å². The first-order valence-corrected chi connectivity index (χ1v) is 10.3. The van der Waals surface area contributed by atoms with Crippen LogP contribution in [0.15, 0.2) is 54.6 Å². The molecule has 5 heteroatoms. The molecule has 1 atom stereocenters. The maximum Gasteiger partial charge on any atom is 0.268 e.